The van der Waals surface area contributed by atoms with Crippen molar-refractivity contribution in [3.05, 3.63) is 36.6 Å². The molecule has 1 rings (SSSR count). The van der Waals surface area contributed by atoms with Gasteiger partial charge in [-0.3, -0.25) is 24.0 Å². The van der Waals surface area contributed by atoms with Crippen LogP contribution in [0.3, 0.4) is 0 Å². The average Bonchev–Trinajstić information content (AvgIpc) is 2.38. The van der Waals surface area contributed by atoms with Gasteiger partial charge in [-0.05, 0) is 13.3 Å². The first-order valence-corrected chi connectivity index (χ1v) is 6.43. The number of unbranched alkanes of at least 4 members (excludes halogenated alkanes) is 1. The van der Waals surface area contributed by atoms with Crippen LogP contribution in [0.25, 0.3) is 0 Å². The Bertz CT molecular complexity index is 602. The molecule has 0 saturated heterocycles. The summed E-state index contributed by atoms with van der Waals surface area (Å²) in [6, 6.07) is 0. The van der Waals surface area contributed by atoms with Crippen molar-refractivity contribution in [2.45, 2.75) is 39.8 Å². The molecule has 0 aliphatic heterocycles. The van der Waals surface area contributed by atoms with E-state index in [0.29, 0.717) is 6.42 Å². The molecule has 20 heavy (non-hydrogen) atoms. The first-order chi connectivity index (χ1) is 9.45. The Labute approximate surface area is 115 Å². The molecule has 8 heteroatoms. The van der Waals surface area contributed by atoms with Crippen LogP contribution in [0, 0.1) is 17.0 Å². The first kappa shape index (κ1) is 16.1. The molecule has 0 radical (unpaired) electrons. The van der Waals surface area contributed by atoms with E-state index in [-0.39, 0.29) is 25.4 Å². The van der Waals surface area contributed by atoms with E-state index >= 15 is 0 Å². The molecule has 0 N–H and O–H groups in total. The van der Waals surface area contributed by atoms with Gasteiger partial charge in [0.2, 0.25) is 0 Å². The number of hydrogen-bond donors (Lipinski definition) is 0. The predicted molar refractivity (Wildman–Crippen MR) is 73.1 cm³/mol. The topological polar surface area (TPSA) is 96.4 Å². The lowest BCUT2D eigenvalue weighted by atomic mass is 10.3. The molecule has 1 aromatic rings. The second-order valence-corrected chi connectivity index (χ2v) is 4.43. The zero-order valence-electron chi connectivity index (χ0n) is 11.9. The van der Waals surface area contributed by atoms with Crippen molar-refractivity contribution in [1.82, 2.24) is 9.13 Å². The Kier molecular flexibility index (Phi) is 5.63. The van der Waals surface area contributed by atoms with Gasteiger partial charge in [-0.15, -0.1) is 0 Å². The second kappa shape index (κ2) is 6.99. The van der Waals surface area contributed by atoms with Crippen LogP contribution in [0.5, 0.6) is 0 Å². The summed E-state index contributed by atoms with van der Waals surface area (Å²) in [5, 5.41) is 11.1. The summed E-state index contributed by atoms with van der Waals surface area (Å²) in [6.07, 6.45) is 1.39. The van der Waals surface area contributed by atoms with Gasteiger partial charge in [-0.1, -0.05) is 13.3 Å². The molecular formula is C12H19N3O5. The average molecular weight is 285 g/mol. The summed E-state index contributed by atoms with van der Waals surface area (Å²) < 4.78 is 7.05. The van der Waals surface area contributed by atoms with Crippen molar-refractivity contribution < 1.29 is 9.66 Å². The number of ether oxygens (including phenoxy) is 1. The first-order valence-electron chi connectivity index (χ1n) is 6.43. The van der Waals surface area contributed by atoms with Crippen LogP contribution in [-0.4, -0.2) is 27.8 Å². The number of nitro groups is 1. The molecule has 0 aliphatic carbocycles. The Morgan fingerprint density at radius 1 is 1.25 bits per heavy atom. The molecule has 0 spiro atoms. The van der Waals surface area contributed by atoms with Gasteiger partial charge >= 0.3 is 16.9 Å². The minimum absolute atomic E-state index is 0.0646. The lowest BCUT2D eigenvalue weighted by molar-refractivity contribution is -0.387. The third-order valence-electron chi connectivity index (χ3n) is 3.09. The highest BCUT2D eigenvalue weighted by Crippen LogP contribution is 2.10. The molecular weight excluding hydrogens is 266 g/mol. The summed E-state index contributed by atoms with van der Waals surface area (Å²) in [5.74, 6) is 0. The van der Waals surface area contributed by atoms with Crippen molar-refractivity contribution in [2.24, 2.45) is 0 Å². The van der Waals surface area contributed by atoms with Gasteiger partial charge in [0.05, 0.1) is 18.1 Å². The van der Waals surface area contributed by atoms with Gasteiger partial charge in [0.1, 0.15) is 5.69 Å². The maximum absolute atomic E-state index is 12.2. The van der Waals surface area contributed by atoms with E-state index in [0.717, 1.165) is 11.0 Å². The summed E-state index contributed by atoms with van der Waals surface area (Å²) in [6.45, 7) is 3.92. The van der Waals surface area contributed by atoms with Gasteiger partial charge < -0.3 is 4.74 Å². The molecule has 112 valence electrons. The fourth-order valence-electron chi connectivity index (χ4n) is 1.96. The zero-order valence-corrected chi connectivity index (χ0v) is 11.9. The van der Waals surface area contributed by atoms with E-state index in [1.807, 2.05) is 6.92 Å². The monoisotopic (exact) mass is 285 g/mol. The summed E-state index contributed by atoms with van der Waals surface area (Å²) in [4.78, 5) is 34.6. The van der Waals surface area contributed by atoms with Crippen molar-refractivity contribution >= 4 is 5.69 Å². The highest BCUT2D eigenvalue weighted by Gasteiger charge is 2.24. The second-order valence-electron chi connectivity index (χ2n) is 4.43. The standard InChI is InChI=1S/C12H19N3O5/c1-4-5-6-14-11(16)10(15(18)19)9(2)13(12(14)17)7-8-20-3/h4-8H2,1-3H3. The van der Waals surface area contributed by atoms with Gasteiger partial charge in [-0.2, -0.15) is 0 Å². The summed E-state index contributed by atoms with van der Waals surface area (Å²) >= 11 is 0. The Hall–Kier alpha value is -1.96. The molecule has 8 nitrogen and oxygen atoms in total. The lowest BCUT2D eigenvalue weighted by Gasteiger charge is -2.12. The highest BCUT2D eigenvalue weighted by atomic mass is 16.6. The lowest BCUT2D eigenvalue weighted by Crippen LogP contribution is -2.42. The Morgan fingerprint density at radius 3 is 2.40 bits per heavy atom. The van der Waals surface area contributed by atoms with E-state index in [1.165, 1.54) is 18.6 Å². The molecule has 0 atom stereocenters. The third-order valence-corrected chi connectivity index (χ3v) is 3.09. The number of hydrogen-bond acceptors (Lipinski definition) is 5. The van der Waals surface area contributed by atoms with Crippen LogP contribution in [0.4, 0.5) is 5.69 Å². The Morgan fingerprint density at radius 2 is 1.90 bits per heavy atom. The van der Waals surface area contributed by atoms with Gasteiger partial charge in [-0.25, -0.2) is 4.79 Å². The maximum Gasteiger partial charge on any atom is 0.353 e. The zero-order chi connectivity index (χ0) is 15.3. The minimum atomic E-state index is -0.834. The molecule has 1 heterocycles. The smallest absolute Gasteiger partial charge is 0.353 e. The van der Waals surface area contributed by atoms with Crippen LogP contribution in [0.2, 0.25) is 0 Å². The quantitative estimate of drug-likeness (QED) is 0.542. The van der Waals surface area contributed by atoms with Gasteiger partial charge in [0.15, 0.2) is 0 Å². The maximum atomic E-state index is 12.2. The van der Waals surface area contributed by atoms with Crippen LogP contribution in [0.15, 0.2) is 9.59 Å². The fraction of sp³-hybridized carbons (Fsp3) is 0.667. The van der Waals surface area contributed by atoms with Crippen molar-refractivity contribution in [3.63, 3.8) is 0 Å². The van der Waals surface area contributed by atoms with Crippen LogP contribution < -0.4 is 11.2 Å². The normalized spacial score (nSPS) is 10.8. The molecule has 0 bridgehead atoms. The van der Waals surface area contributed by atoms with E-state index in [4.69, 9.17) is 4.74 Å². The van der Waals surface area contributed by atoms with Crippen LogP contribution in [0.1, 0.15) is 25.5 Å². The largest absolute Gasteiger partial charge is 0.383 e. The molecule has 0 unspecified atom stereocenters. The van der Waals surface area contributed by atoms with Crippen LogP contribution in [-0.2, 0) is 17.8 Å². The van der Waals surface area contributed by atoms with Gasteiger partial charge in [0, 0.05) is 13.7 Å². The number of aromatic nitrogens is 2. The SMILES string of the molecule is CCCCn1c(=O)c([N+](=O)[O-])c(C)n(CCOC)c1=O. The van der Waals surface area contributed by atoms with E-state index in [9.17, 15) is 19.7 Å². The van der Waals surface area contributed by atoms with Gasteiger partial charge in [0.25, 0.3) is 0 Å². The molecule has 1 aromatic heterocycles. The van der Waals surface area contributed by atoms with Crippen molar-refractivity contribution in [2.75, 3.05) is 13.7 Å². The van der Waals surface area contributed by atoms with Crippen LogP contribution >= 0.6 is 0 Å². The molecule has 0 fully saturated rings. The molecule has 0 aliphatic rings. The van der Waals surface area contributed by atoms with E-state index < -0.39 is 21.9 Å². The number of nitrogens with zero attached hydrogens (tertiary/aromatic N) is 3. The summed E-state index contributed by atoms with van der Waals surface area (Å²) in [5.41, 5.74) is -1.84. The molecule has 0 amide bonds. The fourth-order valence-corrected chi connectivity index (χ4v) is 1.96. The summed E-state index contributed by atoms with van der Waals surface area (Å²) in [7, 11) is 1.47. The minimum Gasteiger partial charge on any atom is -0.383 e. The van der Waals surface area contributed by atoms with E-state index in [1.54, 1.807) is 0 Å². The molecule has 0 saturated carbocycles. The van der Waals surface area contributed by atoms with E-state index in [2.05, 4.69) is 0 Å². The van der Waals surface area contributed by atoms with Crippen molar-refractivity contribution in [1.29, 1.82) is 0 Å². The predicted octanol–water partition coefficient (Wildman–Crippen LogP) is 0.673. The van der Waals surface area contributed by atoms with Crippen molar-refractivity contribution in [3.8, 4) is 0 Å². The number of rotatable bonds is 7. The third kappa shape index (κ3) is 3.13. The Balaban J connectivity index is 3.52. The number of methoxy groups -OCH3 is 1. The highest BCUT2D eigenvalue weighted by molar-refractivity contribution is 5.31. The molecule has 0 aromatic carbocycles.